The molecule has 1 aliphatic rings. The van der Waals surface area contributed by atoms with Crippen LogP contribution in [-0.2, 0) is 16.0 Å². The number of fused-ring (bicyclic) bond motifs is 1. The summed E-state index contributed by atoms with van der Waals surface area (Å²) in [6, 6.07) is 13.3. The molecule has 1 heterocycles. The van der Waals surface area contributed by atoms with Crippen molar-refractivity contribution in [2.45, 2.75) is 24.9 Å². The number of carbonyl (C=O) groups is 1. The summed E-state index contributed by atoms with van der Waals surface area (Å²) in [4.78, 5) is 10.7. The van der Waals surface area contributed by atoms with Crippen LogP contribution in [0.15, 0.2) is 42.5 Å². The van der Waals surface area contributed by atoms with Gasteiger partial charge in [-0.2, -0.15) is 0 Å². The van der Waals surface area contributed by atoms with E-state index in [9.17, 15) is 9.90 Å². The number of aliphatic hydroxyl groups excluding tert-OH is 1. The van der Waals surface area contributed by atoms with Gasteiger partial charge in [-0.15, -0.1) is 0 Å². The molecule has 1 unspecified atom stereocenters. The van der Waals surface area contributed by atoms with Crippen LogP contribution in [-0.4, -0.2) is 37.9 Å². The number of carbonyl (C=O) groups excluding carboxylic acids is 1. The minimum atomic E-state index is -0.659. The van der Waals surface area contributed by atoms with Crippen molar-refractivity contribution < 1.29 is 19.4 Å². The molecule has 1 aliphatic heterocycles. The fourth-order valence-electron chi connectivity index (χ4n) is 3.29. The number of halogens is 1. The minimum Gasteiger partial charge on any atom is -0.493 e. The number of rotatable bonds is 9. The van der Waals surface area contributed by atoms with Crippen LogP contribution in [0.3, 0.4) is 0 Å². The highest BCUT2D eigenvalue weighted by Gasteiger charge is 2.17. The predicted molar refractivity (Wildman–Crippen MR) is 104 cm³/mol. The van der Waals surface area contributed by atoms with E-state index in [-0.39, 0.29) is 12.5 Å². The maximum Gasteiger partial charge on any atom is 0.293 e. The van der Waals surface area contributed by atoms with Crippen molar-refractivity contribution in [2.75, 3.05) is 26.3 Å². The van der Waals surface area contributed by atoms with Crippen LogP contribution in [0.4, 0.5) is 0 Å². The van der Waals surface area contributed by atoms with Crippen LogP contribution >= 0.6 is 11.6 Å². The van der Waals surface area contributed by atoms with Gasteiger partial charge in [0.2, 0.25) is 0 Å². The Morgan fingerprint density at radius 3 is 2.93 bits per heavy atom. The maximum absolute atomic E-state index is 10.7. The van der Waals surface area contributed by atoms with Crippen molar-refractivity contribution >= 4 is 18.1 Å². The lowest BCUT2D eigenvalue weighted by Gasteiger charge is -2.22. The Morgan fingerprint density at radius 2 is 2.11 bits per heavy atom. The molecule has 27 heavy (non-hydrogen) atoms. The van der Waals surface area contributed by atoms with Crippen molar-refractivity contribution in [3.8, 4) is 5.75 Å². The molecule has 0 bridgehead atoms. The van der Waals surface area contributed by atoms with Gasteiger partial charge >= 0.3 is 0 Å². The van der Waals surface area contributed by atoms with Gasteiger partial charge in [0.25, 0.3) is 6.47 Å². The zero-order valence-electron chi connectivity index (χ0n) is 15.1. The van der Waals surface area contributed by atoms with Crippen molar-refractivity contribution in [3.63, 3.8) is 0 Å². The molecule has 0 radical (unpaired) electrons. The van der Waals surface area contributed by atoms with Gasteiger partial charge in [0.15, 0.2) is 0 Å². The second-order valence-corrected chi connectivity index (χ2v) is 7.11. The average molecular weight is 390 g/mol. The number of ether oxygens (including phenoxy) is 2. The Labute approximate surface area is 164 Å². The molecule has 0 saturated carbocycles. The summed E-state index contributed by atoms with van der Waals surface area (Å²) in [6.07, 6.45) is 1.34. The number of hydrogen-bond acceptors (Lipinski definition) is 5. The summed E-state index contributed by atoms with van der Waals surface area (Å²) in [7, 11) is 0. The van der Waals surface area contributed by atoms with Gasteiger partial charge in [0, 0.05) is 24.0 Å². The smallest absolute Gasteiger partial charge is 0.293 e. The van der Waals surface area contributed by atoms with E-state index in [1.54, 1.807) is 12.1 Å². The summed E-state index contributed by atoms with van der Waals surface area (Å²) < 4.78 is 10.7. The van der Waals surface area contributed by atoms with E-state index in [1.165, 1.54) is 5.56 Å². The molecule has 2 N–H and O–H groups in total. The molecule has 0 aromatic heterocycles. The SMILES string of the molecule is O=COCC(CNC[C@H](O)c1cccc(Cl)c1)c1ccc2c(c1)CCCO2. The summed E-state index contributed by atoms with van der Waals surface area (Å²) in [5.41, 5.74) is 3.04. The molecule has 6 heteroatoms. The second-order valence-electron chi connectivity index (χ2n) is 6.67. The van der Waals surface area contributed by atoms with Crippen molar-refractivity contribution in [1.29, 1.82) is 0 Å². The van der Waals surface area contributed by atoms with Gasteiger partial charge in [-0.25, -0.2) is 0 Å². The lowest BCUT2D eigenvalue weighted by molar-refractivity contribution is -0.129. The van der Waals surface area contributed by atoms with Crippen LogP contribution in [0.5, 0.6) is 5.75 Å². The van der Waals surface area contributed by atoms with Gasteiger partial charge < -0.3 is 19.9 Å². The highest BCUT2D eigenvalue weighted by Crippen LogP contribution is 2.28. The van der Waals surface area contributed by atoms with E-state index < -0.39 is 6.10 Å². The fourth-order valence-corrected chi connectivity index (χ4v) is 3.49. The Hall–Kier alpha value is -2.08. The first-order chi connectivity index (χ1) is 13.2. The molecule has 0 fully saturated rings. The summed E-state index contributed by atoms with van der Waals surface area (Å²) in [5, 5.41) is 14.2. The van der Waals surface area contributed by atoms with E-state index in [1.807, 2.05) is 24.3 Å². The van der Waals surface area contributed by atoms with Gasteiger partial charge in [0.05, 0.1) is 19.3 Å². The molecule has 0 amide bonds. The summed E-state index contributed by atoms with van der Waals surface area (Å²) in [6.45, 7) is 2.46. The van der Waals surface area contributed by atoms with Crippen LogP contribution < -0.4 is 10.1 Å². The van der Waals surface area contributed by atoms with Crippen LogP contribution in [0.25, 0.3) is 0 Å². The zero-order chi connectivity index (χ0) is 19.1. The Kier molecular flexibility index (Phi) is 7.10. The highest BCUT2D eigenvalue weighted by atomic mass is 35.5. The number of hydrogen-bond donors (Lipinski definition) is 2. The van der Waals surface area contributed by atoms with E-state index >= 15 is 0 Å². The quantitative estimate of drug-likeness (QED) is 0.644. The van der Waals surface area contributed by atoms with Crippen LogP contribution in [0.1, 0.15) is 35.1 Å². The molecule has 2 atom stereocenters. The third-order valence-electron chi connectivity index (χ3n) is 4.73. The third kappa shape index (κ3) is 5.45. The van der Waals surface area contributed by atoms with Gasteiger partial charge in [-0.3, -0.25) is 4.79 Å². The third-order valence-corrected chi connectivity index (χ3v) is 4.97. The molecular formula is C21H24ClNO4. The van der Waals surface area contributed by atoms with Gasteiger partial charge in [-0.05, 0) is 47.7 Å². The molecule has 0 spiro atoms. The summed E-state index contributed by atoms with van der Waals surface area (Å²) >= 11 is 5.98. The number of aliphatic hydroxyl groups is 1. The van der Waals surface area contributed by atoms with Crippen LogP contribution in [0.2, 0.25) is 5.02 Å². The molecule has 0 saturated heterocycles. The van der Waals surface area contributed by atoms with Crippen molar-refractivity contribution in [3.05, 3.63) is 64.2 Å². The predicted octanol–water partition coefficient (Wildman–Crippen LogP) is 3.24. The molecule has 144 valence electrons. The fraction of sp³-hybridized carbons (Fsp3) is 0.381. The molecule has 3 rings (SSSR count). The standard InChI is InChI=1S/C21H24ClNO4/c22-19-5-1-3-16(10-19)20(25)12-23-11-18(13-26-14-24)15-6-7-21-17(9-15)4-2-8-27-21/h1,3,5-7,9-10,14,18,20,23,25H,2,4,8,11-13H2/t18?,20-/m0/s1. The van der Waals surface area contributed by atoms with E-state index in [0.29, 0.717) is 24.6 Å². The summed E-state index contributed by atoms with van der Waals surface area (Å²) in [5.74, 6) is 0.929. The Morgan fingerprint density at radius 1 is 1.22 bits per heavy atom. The van der Waals surface area contributed by atoms with Gasteiger partial charge in [-0.1, -0.05) is 35.9 Å². The first kappa shape index (κ1) is 19.7. The molecule has 5 nitrogen and oxygen atoms in total. The number of benzene rings is 2. The monoisotopic (exact) mass is 389 g/mol. The maximum atomic E-state index is 10.7. The molecule has 0 aliphatic carbocycles. The normalized spacial score (nSPS) is 15.3. The largest absolute Gasteiger partial charge is 0.493 e. The topological polar surface area (TPSA) is 67.8 Å². The lowest BCUT2D eigenvalue weighted by atomic mass is 9.95. The molecule has 2 aromatic rings. The molecular weight excluding hydrogens is 366 g/mol. The van der Waals surface area contributed by atoms with Gasteiger partial charge in [0.1, 0.15) is 5.75 Å². The van der Waals surface area contributed by atoms with E-state index in [2.05, 4.69) is 11.4 Å². The minimum absolute atomic E-state index is 0.00557. The Bertz CT molecular complexity index is 768. The van der Waals surface area contributed by atoms with Crippen molar-refractivity contribution in [1.82, 2.24) is 5.32 Å². The second kappa shape index (κ2) is 9.74. The first-order valence-corrected chi connectivity index (χ1v) is 9.50. The lowest BCUT2D eigenvalue weighted by Crippen LogP contribution is -2.28. The average Bonchev–Trinajstić information content (AvgIpc) is 2.70. The number of nitrogens with one attached hydrogen (secondary N) is 1. The first-order valence-electron chi connectivity index (χ1n) is 9.12. The van der Waals surface area contributed by atoms with Crippen molar-refractivity contribution in [2.24, 2.45) is 0 Å². The zero-order valence-corrected chi connectivity index (χ0v) is 15.8. The number of aryl methyl sites for hydroxylation is 1. The Balaban J connectivity index is 1.62. The van der Waals surface area contributed by atoms with Crippen LogP contribution in [0, 0.1) is 0 Å². The van der Waals surface area contributed by atoms with E-state index in [4.69, 9.17) is 21.1 Å². The molecule has 2 aromatic carbocycles. The van der Waals surface area contributed by atoms with E-state index in [0.717, 1.165) is 36.3 Å². The highest BCUT2D eigenvalue weighted by molar-refractivity contribution is 6.30.